The molecule has 1 atom stereocenters. The smallest absolute Gasteiger partial charge is 0.207 e. The Morgan fingerprint density at radius 3 is 2.40 bits per heavy atom. The normalized spacial score (nSPS) is 13.5. The van der Waals surface area contributed by atoms with Crippen LogP contribution in [0.1, 0.15) is 32.8 Å². The first-order valence-electron chi connectivity index (χ1n) is 6.37. The quantitative estimate of drug-likeness (QED) is 0.838. The molecule has 0 aliphatic rings. The highest BCUT2D eigenvalue weighted by molar-refractivity contribution is 7.89. The Kier molecular flexibility index (Phi) is 5.58. The van der Waals surface area contributed by atoms with Crippen LogP contribution in [0.3, 0.4) is 0 Å². The monoisotopic (exact) mass is 314 g/mol. The van der Waals surface area contributed by atoms with Crippen molar-refractivity contribution in [2.75, 3.05) is 7.05 Å². The Hall–Kier alpha value is -1.09. The predicted molar refractivity (Wildman–Crippen MR) is 80.0 cm³/mol. The summed E-state index contributed by atoms with van der Waals surface area (Å²) in [4.78, 5) is 0.111. The first-order valence-corrected chi connectivity index (χ1v) is 8.19. The fourth-order valence-corrected chi connectivity index (χ4v) is 3.67. The summed E-state index contributed by atoms with van der Waals surface area (Å²) in [6, 6.07) is 5.98. The number of nitriles is 1. The van der Waals surface area contributed by atoms with E-state index in [1.54, 1.807) is 7.05 Å². The predicted octanol–water partition coefficient (Wildman–Crippen LogP) is 3.27. The number of rotatable bonds is 5. The molecule has 20 heavy (non-hydrogen) atoms. The van der Waals surface area contributed by atoms with Gasteiger partial charge in [-0.1, -0.05) is 25.4 Å². The van der Waals surface area contributed by atoms with Gasteiger partial charge in [0.15, 0.2) is 0 Å². The molecule has 1 aromatic rings. The second-order valence-electron chi connectivity index (χ2n) is 5.25. The summed E-state index contributed by atoms with van der Waals surface area (Å²) in [5.74, 6) is 0.409. The summed E-state index contributed by atoms with van der Waals surface area (Å²) < 4.78 is 26.3. The van der Waals surface area contributed by atoms with Crippen molar-refractivity contribution in [3.63, 3.8) is 0 Å². The number of halogens is 1. The van der Waals surface area contributed by atoms with Gasteiger partial charge < -0.3 is 0 Å². The van der Waals surface area contributed by atoms with E-state index >= 15 is 0 Å². The summed E-state index contributed by atoms with van der Waals surface area (Å²) in [6.07, 6.45) is 0.778. The fraction of sp³-hybridized carbons (Fsp3) is 0.500. The molecule has 0 radical (unpaired) electrons. The van der Waals surface area contributed by atoms with Crippen LogP contribution in [0.15, 0.2) is 23.1 Å². The lowest BCUT2D eigenvalue weighted by atomic mass is 10.1. The molecule has 0 aliphatic heterocycles. The molecule has 1 rings (SSSR count). The van der Waals surface area contributed by atoms with Crippen LogP contribution in [0.5, 0.6) is 0 Å². The third-order valence-corrected chi connectivity index (χ3v) is 5.45. The minimum absolute atomic E-state index is 0.102. The molecule has 6 heteroatoms. The molecule has 0 unspecified atom stereocenters. The number of nitrogens with zero attached hydrogens (tertiary/aromatic N) is 2. The molecule has 0 saturated carbocycles. The van der Waals surface area contributed by atoms with Gasteiger partial charge in [-0.3, -0.25) is 0 Å². The van der Waals surface area contributed by atoms with Crippen molar-refractivity contribution in [1.82, 2.24) is 4.31 Å². The Labute approximate surface area is 126 Å². The molecule has 0 amide bonds. The second-order valence-corrected chi connectivity index (χ2v) is 7.66. The number of hydrogen-bond acceptors (Lipinski definition) is 3. The SMILES string of the molecule is CC(C)C[C@H](C)N(C)S(=O)(=O)c1ccc(C#N)c(Cl)c1. The summed E-state index contributed by atoms with van der Waals surface area (Å²) in [5.41, 5.74) is 0.267. The Morgan fingerprint density at radius 2 is 1.95 bits per heavy atom. The average molecular weight is 315 g/mol. The van der Waals surface area contributed by atoms with Crippen LogP contribution in [0.2, 0.25) is 5.02 Å². The molecular formula is C14H19ClN2O2S. The molecule has 4 nitrogen and oxygen atoms in total. The lowest BCUT2D eigenvalue weighted by Gasteiger charge is -2.25. The van der Waals surface area contributed by atoms with E-state index in [-0.39, 0.29) is 21.5 Å². The van der Waals surface area contributed by atoms with E-state index in [2.05, 4.69) is 13.8 Å². The van der Waals surface area contributed by atoms with E-state index in [9.17, 15) is 8.42 Å². The summed E-state index contributed by atoms with van der Waals surface area (Å²) in [7, 11) is -2.03. The first-order chi connectivity index (χ1) is 9.20. The first kappa shape index (κ1) is 17.0. The Morgan fingerprint density at radius 1 is 1.35 bits per heavy atom. The van der Waals surface area contributed by atoms with E-state index in [1.165, 1.54) is 22.5 Å². The van der Waals surface area contributed by atoms with Gasteiger partial charge in [0.1, 0.15) is 6.07 Å². The van der Waals surface area contributed by atoms with Crippen molar-refractivity contribution in [3.05, 3.63) is 28.8 Å². The van der Waals surface area contributed by atoms with E-state index < -0.39 is 10.0 Å². The fourth-order valence-electron chi connectivity index (χ4n) is 1.98. The van der Waals surface area contributed by atoms with Crippen LogP contribution in [-0.2, 0) is 10.0 Å². The van der Waals surface area contributed by atoms with Crippen LogP contribution in [-0.4, -0.2) is 25.8 Å². The summed E-state index contributed by atoms with van der Waals surface area (Å²) in [5, 5.41) is 8.97. The third-order valence-electron chi connectivity index (χ3n) is 3.17. The van der Waals surface area contributed by atoms with Crippen LogP contribution in [0.25, 0.3) is 0 Å². The van der Waals surface area contributed by atoms with Crippen molar-refractivity contribution < 1.29 is 8.42 Å². The minimum atomic E-state index is -3.59. The zero-order chi connectivity index (χ0) is 15.5. The second kappa shape index (κ2) is 6.57. The minimum Gasteiger partial charge on any atom is -0.207 e. The molecule has 0 heterocycles. The van der Waals surface area contributed by atoms with E-state index in [4.69, 9.17) is 16.9 Å². The maximum absolute atomic E-state index is 12.5. The van der Waals surface area contributed by atoms with Crippen molar-refractivity contribution in [1.29, 1.82) is 5.26 Å². The van der Waals surface area contributed by atoms with Crippen LogP contribution in [0, 0.1) is 17.2 Å². The lowest BCUT2D eigenvalue weighted by molar-refractivity contribution is 0.338. The van der Waals surface area contributed by atoms with Crippen LogP contribution >= 0.6 is 11.6 Å². The van der Waals surface area contributed by atoms with Gasteiger partial charge in [0.2, 0.25) is 10.0 Å². The standard InChI is InChI=1S/C14H19ClN2O2S/c1-10(2)7-11(3)17(4)20(18,19)13-6-5-12(9-16)14(15)8-13/h5-6,8,10-11H,7H2,1-4H3/t11-/m0/s1. The number of benzene rings is 1. The molecule has 0 N–H and O–H groups in total. The van der Waals surface area contributed by atoms with Crippen LogP contribution < -0.4 is 0 Å². The molecule has 0 spiro atoms. The number of sulfonamides is 1. The maximum Gasteiger partial charge on any atom is 0.243 e. The molecule has 0 aliphatic carbocycles. The van der Waals surface area contributed by atoms with Gasteiger partial charge in [-0.05, 0) is 37.5 Å². The molecule has 0 saturated heterocycles. The van der Waals surface area contributed by atoms with Gasteiger partial charge in [-0.25, -0.2) is 8.42 Å². The van der Waals surface area contributed by atoms with Crippen molar-refractivity contribution in [2.45, 2.75) is 38.1 Å². The lowest BCUT2D eigenvalue weighted by Crippen LogP contribution is -2.35. The number of hydrogen-bond donors (Lipinski definition) is 0. The zero-order valence-corrected chi connectivity index (χ0v) is 13.7. The van der Waals surface area contributed by atoms with Gasteiger partial charge in [-0.15, -0.1) is 0 Å². The molecule has 0 bridgehead atoms. The highest BCUT2D eigenvalue weighted by atomic mass is 35.5. The van der Waals surface area contributed by atoms with Crippen molar-refractivity contribution in [2.24, 2.45) is 5.92 Å². The van der Waals surface area contributed by atoms with Gasteiger partial charge in [0, 0.05) is 13.1 Å². The summed E-state index contributed by atoms with van der Waals surface area (Å²) in [6.45, 7) is 5.98. The van der Waals surface area contributed by atoms with Crippen molar-refractivity contribution >= 4 is 21.6 Å². The molecule has 0 aromatic heterocycles. The molecule has 0 fully saturated rings. The highest BCUT2D eigenvalue weighted by Gasteiger charge is 2.26. The average Bonchev–Trinajstić information content (AvgIpc) is 2.36. The molecule has 1 aromatic carbocycles. The van der Waals surface area contributed by atoms with Crippen LogP contribution in [0.4, 0.5) is 0 Å². The molecular weight excluding hydrogens is 296 g/mol. The Balaban J connectivity index is 3.11. The van der Waals surface area contributed by atoms with Gasteiger partial charge in [-0.2, -0.15) is 9.57 Å². The Bertz CT molecular complexity index is 621. The van der Waals surface area contributed by atoms with Gasteiger partial charge in [0.05, 0.1) is 15.5 Å². The largest absolute Gasteiger partial charge is 0.243 e. The topological polar surface area (TPSA) is 61.2 Å². The third kappa shape index (κ3) is 3.72. The van der Waals surface area contributed by atoms with Gasteiger partial charge >= 0.3 is 0 Å². The zero-order valence-electron chi connectivity index (χ0n) is 12.1. The highest BCUT2D eigenvalue weighted by Crippen LogP contribution is 2.24. The summed E-state index contributed by atoms with van der Waals surface area (Å²) >= 11 is 5.90. The maximum atomic E-state index is 12.5. The van der Waals surface area contributed by atoms with Crippen molar-refractivity contribution in [3.8, 4) is 6.07 Å². The van der Waals surface area contributed by atoms with Gasteiger partial charge in [0.25, 0.3) is 0 Å². The van der Waals surface area contributed by atoms with E-state index in [1.807, 2.05) is 13.0 Å². The van der Waals surface area contributed by atoms with E-state index in [0.29, 0.717) is 5.92 Å². The van der Waals surface area contributed by atoms with E-state index in [0.717, 1.165) is 6.42 Å². The molecule has 110 valence electrons.